The predicted octanol–water partition coefficient (Wildman–Crippen LogP) is 3.29. The first kappa shape index (κ1) is 17.7. The third kappa shape index (κ3) is 4.71. The third-order valence-electron chi connectivity index (χ3n) is 4.42. The molecule has 134 valence electrons. The van der Waals surface area contributed by atoms with Crippen LogP contribution in [0.25, 0.3) is 10.9 Å². The summed E-state index contributed by atoms with van der Waals surface area (Å²) in [6, 6.07) is 9.87. The lowest BCUT2D eigenvalue weighted by molar-refractivity contribution is 0.0175. The van der Waals surface area contributed by atoms with Gasteiger partial charge in [-0.15, -0.1) is 6.58 Å². The lowest BCUT2D eigenvalue weighted by Gasteiger charge is -2.30. The molecule has 1 aromatic carbocycles. The summed E-state index contributed by atoms with van der Waals surface area (Å²) in [6.45, 7) is 8.19. The molecule has 1 fully saturated rings. The number of hydrogen-bond donors (Lipinski definition) is 0. The van der Waals surface area contributed by atoms with Crippen LogP contribution in [0.5, 0.6) is 11.6 Å². The van der Waals surface area contributed by atoms with E-state index in [9.17, 15) is 0 Å². The van der Waals surface area contributed by atoms with E-state index in [2.05, 4.69) is 16.5 Å². The number of pyridine rings is 1. The van der Waals surface area contributed by atoms with Crippen LogP contribution in [-0.2, 0) is 4.74 Å². The molecule has 1 saturated heterocycles. The van der Waals surface area contributed by atoms with Gasteiger partial charge in [-0.25, -0.2) is 4.98 Å². The largest absolute Gasteiger partial charge is 0.494 e. The highest BCUT2D eigenvalue weighted by molar-refractivity contribution is 5.84. The minimum atomic E-state index is 0.0794. The van der Waals surface area contributed by atoms with Crippen LogP contribution in [0.3, 0.4) is 0 Å². The van der Waals surface area contributed by atoms with E-state index in [1.165, 1.54) is 0 Å². The number of fused-ring (bicyclic) bond motifs is 1. The van der Waals surface area contributed by atoms with E-state index >= 15 is 0 Å². The van der Waals surface area contributed by atoms with Crippen LogP contribution in [0.2, 0.25) is 0 Å². The number of nitrogens with zero attached hydrogens (tertiary/aromatic N) is 2. The van der Waals surface area contributed by atoms with E-state index in [0.717, 1.165) is 62.3 Å². The molecule has 0 radical (unpaired) electrons. The number of para-hydroxylation sites is 1. The second-order valence-corrected chi connectivity index (χ2v) is 6.20. The van der Waals surface area contributed by atoms with Gasteiger partial charge in [0.2, 0.25) is 5.88 Å². The number of morpholine rings is 1. The number of methoxy groups -OCH3 is 1. The quantitative estimate of drug-likeness (QED) is 0.689. The Labute approximate surface area is 149 Å². The SMILES string of the molecule is C=CCCC(CN1CCOCC1)Oc1ccc2cccc(OC)c2n1. The van der Waals surface area contributed by atoms with E-state index in [0.29, 0.717) is 5.88 Å². The van der Waals surface area contributed by atoms with Crippen LogP contribution >= 0.6 is 0 Å². The Balaban J connectivity index is 1.75. The maximum Gasteiger partial charge on any atom is 0.214 e. The monoisotopic (exact) mass is 342 g/mol. The Bertz CT molecular complexity index is 698. The molecule has 25 heavy (non-hydrogen) atoms. The summed E-state index contributed by atoms with van der Waals surface area (Å²) in [5.74, 6) is 1.40. The Kier molecular flexibility index (Phi) is 6.25. The zero-order valence-electron chi connectivity index (χ0n) is 14.8. The van der Waals surface area contributed by atoms with Crippen molar-refractivity contribution in [2.75, 3.05) is 40.0 Å². The van der Waals surface area contributed by atoms with Gasteiger partial charge in [-0.3, -0.25) is 4.90 Å². The van der Waals surface area contributed by atoms with Gasteiger partial charge in [0.1, 0.15) is 17.4 Å². The van der Waals surface area contributed by atoms with Gasteiger partial charge >= 0.3 is 0 Å². The molecule has 0 amide bonds. The van der Waals surface area contributed by atoms with Crippen LogP contribution in [0.15, 0.2) is 43.0 Å². The fourth-order valence-corrected chi connectivity index (χ4v) is 3.07. The van der Waals surface area contributed by atoms with E-state index in [-0.39, 0.29) is 6.10 Å². The number of rotatable bonds is 8. The van der Waals surface area contributed by atoms with E-state index in [1.54, 1.807) is 7.11 Å². The highest BCUT2D eigenvalue weighted by Crippen LogP contribution is 2.26. The van der Waals surface area contributed by atoms with E-state index in [1.807, 2.05) is 36.4 Å². The summed E-state index contributed by atoms with van der Waals surface area (Å²) < 4.78 is 17.1. The maximum atomic E-state index is 6.23. The molecule has 0 spiro atoms. The summed E-state index contributed by atoms with van der Waals surface area (Å²) in [5.41, 5.74) is 0.830. The van der Waals surface area contributed by atoms with Gasteiger partial charge < -0.3 is 14.2 Å². The minimum Gasteiger partial charge on any atom is -0.494 e. The summed E-state index contributed by atoms with van der Waals surface area (Å²) in [5, 5.41) is 1.04. The van der Waals surface area contributed by atoms with E-state index < -0.39 is 0 Å². The van der Waals surface area contributed by atoms with Gasteiger partial charge in [0.15, 0.2) is 0 Å². The van der Waals surface area contributed by atoms with Crippen molar-refractivity contribution in [2.45, 2.75) is 18.9 Å². The normalized spacial score (nSPS) is 16.5. The van der Waals surface area contributed by atoms with Crippen molar-refractivity contribution in [3.63, 3.8) is 0 Å². The lowest BCUT2D eigenvalue weighted by Crippen LogP contribution is -2.42. The Morgan fingerprint density at radius 1 is 1.28 bits per heavy atom. The molecule has 0 N–H and O–H groups in total. The molecule has 0 aliphatic carbocycles. The Morgan fingerprint density at radius 2 is 2.12 bits per heavy atom. The van der Waals surface area contributed by atoms with Crippen molar-refractivity contribution < 1.29 is 14.2 Å². The molecule has 0 saturated carbocycles. The van der Waals surface area contributed by atoms with Gasteiger partial charge in [0.25, 0.3) is 0 Å². The molecule has 1 aromatic heterocycles. The average molecular weight is 342 g/mol. The predicted molar refractivity (Wildman–Crippen MR) is 99.4 cm³/mol. The van der Waals surface area contributed by atoms with Crippen LogP contribution in [0.4, 0.5) is 0 Å². The fraction of sp³-hybridized carbons (Fsp3) is 0.450. The number of ether oxygens (including phenoxy) is 3. The summed E-state index contributed by atoms with van der Waals surface area (Å²) >= 11 is 0. The zero-order chi connectivity index (χ0) is 17.5. The van der Waals surface area contributed by atoms with Gasteiger partial charge in [0, 0.05) is 31.1 Å². The molecule has 0 bridgehead atoms. The van der Waals surface area contributed by atoms with Crippen molar-refractivity contribution in [3.05, 3.63) is 43.0 Å². The molecule has 5 heteroatoms. The maximum absolute atomic E-state index is 6.23. The van der Waals surface area contributed by atoms with Gasteiger partial charge in [-0.2, -0.15) is 0 Å². The van der Waals surface area contributed by atoms with Crippen LogP contribution < -0.4 is 9.47 Å². The van der Waals surface area contributed by atoms with Crippen LogP contribution in [0.1, 0.15) is 12.8 Å². The van der Waals surface area contributed by atoms with Crippen molar-refractivity contribution in [3.8, 4) is 11.6 Å². The summed E-state index contributed by atoms with van der Waals surface area (Å²) in [7, 11) is 1.66. The van der Waals surface area contributed by atoms with E-state index in [4.69, 9.17) is 14.2 Å². The Hall–Kier alpha value is -2.11. The average Bonchev–Trinajstić information content (AvgIpc) is 2.66. The highest BCUT2D eigenvalue weighted by Gasteiger charge is 2.18. The minimum absolute atomic E-state index is 0.0794. The molecule has 2 aromatic rings. The highest BCUT2D eigenvalue weighted by atomic mass is 16.5. The van der Waals surface area contributed by atoms with Crippen molar-refractivity contribution >= 4 is 10.9 Å². The van der Waals surface area contributed by atoms with Crippen molar-refractivity contribution in [2.24, 2.45) is 0 Å². The molecule has 1 aliphatic heterocycles. The topological polar surface area (TPSA) is 43.8 Å². The van der Waals surface area contributed by atoms with Crippen molar-refractivity contribution in [1.82, 2.24) is 9.88 Å². The lowest BCUT2D eigenvalue weighted by atomic mass is 10.1. The number of aromatic nitrogens is 1. The number of allylic oxidation sites excluding steroid dienone is 1. The first-order valence-corrected chi connectivity index (χ1v) is 8.81. The standard InChI is InChI=1S/C20H26N2O3/c1-3-4-7-17(15-22-11-13-24-14-12-22)25-19-10-9-16-6-5-8-18(23-2)20(16)21-19/h3,5-6,8-10,17H,1,4,7,11-15H2,2H3. The molecule has 2 heterocycles. The summed E-state index contributed by atoms with van der Waals surface area (Å²) in [4.78, 5) is 7.06. The van der Waals surface area contributed by atoms with Crippen molar-refractivity contribution in [1.29, 1.82) is 0 Å². The number of benzene rings is 1. The Morgan fingerprint density at radius 3 is 2.88 bits per heavy atom. The first-order valence-electron chi connectivity index (χ1n) is 8.81. The first-order chi connectivity index (χ1) is 12.3. The van der Waals surface area contributed by atoms with Crippen LogP contribution in [0, 0.1) is 0 Å². The molecular formula is C20H26N2O3. The third-order valence-corrected chi connectivity index (χ3v) is 4.42. The molecule has 5 nitrogen and oxygen atoms in total. The molecule has 1 aliphatic rings. The molecule has 1 unspecified atom stereocenters. The molecule has 1 atom stereocenters. The van der Waals surface area contributed by atoms with Crippen LogP contribution in [-0.4, -0.2) is 55.9 Å². The molecule has 3 rings (SSSR count). The smallest absolute Gasteiger partial charge is 0.214 e. The van der Waals surface area contributed by atoms with Gasteiger partial charge in [-0.05, 0) is 25.0 Å². The fourth-order valence-electron chi connectivity index (χ4n) is 3.07. The van der Waals surface area contributed by atoms with Gasteiger partial charge in [0.05, 0.1) is 20.3 Å². The summed E-state index contributed by atoms with van der Waals surface area (Å²) in [6.07, 6.45) is 3.86. The number of hydrogen-bond acceptors (Lipinski definition) is 5. The second-order valence-electron chi connectivity index (χ2n) is 6.20. The van der Waals surface area contributed by atoms with Gasteiger partial charge in [-0.1, -0.05) is 18.2 Å². The second kappa shape index (κ2) is 8.83. The molecular weight excluding hydrogens is 316 g/mol. The zero-order valence-corrected chi connectivity index (χ0v) is 14.8.